The molecular formula is C33H41F2N7O3. The molecule has 0 aliphatic carbocycles. The van der Waals surface area contributed by atoms with Gasteiger partial charge in [0.2, 0.25) is 0 Å². The molecule has 10 nitrogen and oxygen atoms in total. The van der Waals surface area contributed by atoms with Crippen LogP contribution >= 0.6 is 0 Å². The van der Waals surface area contributed by atoms with E-state index in [0.717, 1.165) is 30.2 Å². The van der Waals surface area contributed by atoms with E-state index in [-0.39, 0.29) is 46.6 Å². The molecule has 12 heteroatoms. The Balaban J connectivity index is 1.54. The predicted molar refractivity (Wildman–Crippen MR) is 164 cm³/mol. The molecule has 2 aliphatic heterocycles. The van der Waals surface area contributed by atoms with Gasteiger partial charge in [0.1, 0.15) is 23.0 Å². The number of rotatable bonds is 8. The molecule has 2 N–H and O–H groups in total. The molecule has 1 saturated heterocycles. The molecule has 3 atom stereocenters. The van der Waals surface area contributed by atoms with Crippen molar-refractivity contribution in [1.82, 2.24) is 30.8 Å². The molecule has 45 heavy (non-hydrogen) atoms. The van der Waals surface area contributed by atoms with Crippen molar-refractivity contribution in [3.8, 4) is 0 Å². The minimum absolute atomic E-state index is 0.0395. The maximum atomic E-state index is 14.5. The van der Waals surface area contributed by atoms with E-state index in [1.807, 2.05) is 17.0 Å². The van der Waals surface area contributed by atoms with Crippen molar-refractivity contribution < 1.29 is 23.1 Å². The van der Waals surface area contributed by atoms with E-state index in [1.54, 1.807) is 12.1 Å². The molecule has 0 radical (unpaired) electrons. The van der Waals surface area contributed by atoms with Gasteiger partial charge in [-0.25, -0.2) is 8.78 Å². The van der Waals surface area contributed by atoms with Crippen LogP contribution in [0.5, 0.6) is 0 Å². The number of tetrazole rings is 1. The van der Waals surface area contributed by atoms with E-state index < -0.39 is 23.3 Å². The molecule has 3 heterocycles. The Bertz CT molecular complexity index is 1540. The van der Waals surface area contributed by atoms with Crippen LogP contribution in [0.4, 0.5) is 8.78 Å². The maximum Gasteiger partial charge on any atom is 0.275 e. The highest BCUT2D eigenvalue weighted by Gasteiger charge is 2.54. The van der Waals surface area contributed by atoms with Crippen LogP contribution in [0, 0.1) is 22.5 Å². The van der Waals surface area contributed by atoms with Gasteiger partial charge in [-0.3, -0.25) is 14.6 Å². The molecule has 3 aromatic rings. The average Bonchev–Trinajstić information content (AvgIpc) is 3.58. The van der Waals surface area contributed by atoms with Crippen LogP contribution in [0.15, 0.2) is 47.5 Å². The topological polar surface area (TPSA) is 125 Å². The van der Waals surface area contributed by atoms with Crippen molar-refractivity contribution in [1.29, 1.82) is 0 Å². The molecular weight excluding hydrogens is 580 g/mol. The molecule has 1 spiro atoms. The van der Waals surface area contributed by atoms with E-state index in [0.29, 0.717) is 37.3 Å². The normalized spacial score (nSPS) is 21.2. The summed E-state index contributed by atoms with van der Waals surface area (Å²) in [5.41, 5.74) is 0.176. The van der Waals surface area contributed by atoms with Gasteiger partial charge in [-0.1, -0.05) is 58.9 Å². The fourth-order valence-electron chi connectivity index (χ4n) is 6.01. The summed E-state index contributed by atoms with van der Waals surface area (Å²) in [7, 11) is 0. The third-order valence-electron chi connectivity index (χ3n) is 8.46. The fraction of sp³-hybridized carbons (Fsp3) is 0.515. The second-order valence-corrected chi connectivity index (χ2v) is 14.2. The number of hydrogen-bond acceptors (Lipinski definition) is 7. The molecule has 3 unspecified atom stereocenters. The number of halogens is 2. The van der Waals surface area contributed by atoms with Crippen molar-refractivity contribution >= 4 is 17.5 Å². The first kappa shape index (κ1) is 32.3. The molecule has 2 aliphatic rings. The van der Waals surface area contributed by atoms with Crippen LogP contribution in [0.25, 0.3) is 0 Å². The van der Waals surface area contributed by atoms with E-state index in [2.05, 4.69) is 67.5 Å². The highest BCUT2D eigenvalue weighted by atomic mass is 19.1. The summed E-state index contributed by atoms with van der Waals surface area (Å²) in [6.45, 7) is 13.2. The lowest BCUT2D eigenvalue weighted by Crippen LogP contribution is -2.55. The van der Waals surface area contributed by atoms with Crippen molar-refractivity contribution in [2.75, 3.05) is 6.61 Å². The van der Waals surface area contributed by atoms with Crippen LogP contribution in [0.2, 0.25) is 0 Å². The van der Waals surface area contributed by atoms with Gasteiger partial charge < -0.3 is 15.0 Å². The zero-order valence-electron chi connectivity index (χ0n) is 26.7. The Morgan fingerprint density at radius 2 is 1.80 bits per heavy atom. The second-order valence-electron chi connectivity index (χ2n) is 14.2. The number of nitrogens with zero attached hydrogens (tertiary/aromatic N) is 5. The van der Waals surface area contributed by atoms with Gasteiger partial charge in [0.15, 0.2) is 5.82 Å². The molecule has 1 fully saturated rings. The number of aromatic amines is 1. The summed E-state index contributed by atoms with van der Waals surface area (Å²) in [5, 5.41) is 16.3. The van der Waals surface area contributed by atoms with Crippen LogP contribution in [0.1, 0.15) is 101 Å². The highest BCUT2D eigenvalue weighted by Crippen LogP contribution is 2.47. The SMILES string of the molecule is CC(C)(C)CCC(c1ccc(C(=O)NCc2nn[nH]n2)cc1)N1C(=O)C(c2cc(F)cc(F)c2)=NC12CCOC(C(C)(C)C)C2. The smallest absolute Gasteiger partial charge is 0.275 e. The van der Waals surface area contributed by atoms with E-state index in [9.17, 15) is 18.4 Å². The summed E-state index contributed by atoms with van der Waals surface area (Å²) >= 11 is 0. The zero-order chi connectivity index (χ0) is 32.6. The molecule has 0 bridgehead atoms. The minimum atomic E-state index is -0.978. The summed E-state index contributed by atoms with van der Waals surface area (Å²) < 4.78 is 35.0. The Hall–Kier alpha value is -4.06. The molecule has 5 rings (SSSR count). The molecule has 240 valence electrons. The number of aliphatic imine (C=N–C) groups is 1. The van der Waals surface area contributed by atoms with Crippen molar-refractivity contribution in [2.45, 2.75) is 91.6 Å². The van der Waals surface area contributed by atoms with E-state index >= 15 is 0 Å². The van der Waals surface area contributed by atoms with E-state index in [1.165, 1.54) is 0 Å². The third kappa shape index (κ3) is 7.27. The third-order valence-corrected chi connectivity index (χ3v) is 8.46. The lowest BCUT2D eigenvalue weighted by atomic mass is 9.79. The van der Waals surface area contributed by atoms with Gasteiger partial charge in [-0.05, 0) is 53.5 Å². The number of ether oxygens (including phenoxy) is 1. The lowest BCUT2D eigenvalue weighted by molar-refractivity contribution is -0.146. The minimum Gasteiger partial charge on any atom is -0.377 e. The molecule has 1 aromatic heterocycles. The van der Waals surface area contributed by atoms with Crippen LogP contribution in [0.3, 0.4) is 0 Å². The maximum absolute atomic E-state index is 14.5. The number of carbonyl (C=O) groups excluding carboxylic acids is 2. The average molecular weight is 622 g/mol. The summed E-state index contributed by atoms with van der Waals surface area (Å²) in [6, 6.07) is 9.84. The highest BCUT2D eigenvalue weighted by molar-refractivity contribution is 6.46. The first-order valence-electron chi connectivity index (χ1n) is 15.3. The van der Waals surface area contributed by atoms with Gasteiger partial charge >= 0.3 is 0 Å². The largest absolute Gasteiger partial charge is 0.377 e. The number of carbonyl (C=O) groups is 2. The number of amides is 2. The molecule has 2 aromatic carbocycles. The van der Waals surface area contributed by atoms with Crippen LogP contribution in [-0.2, 0) is 16.1 Å². The molecule has 0 saturated carbocycles. The Morgan fingerprint density at radius 1 is 1.11 bits per heavy atom. The number of aromatic nitrogens is 4. The number of benzene rings is 2. The summed E-state index contributed by atoms with van der Waals surface area (Å²) in [5.74, 6) is -1.87. The number of nitrogens with one attached hydrogen (secondary N) is 2. The van der Waals surface area contributed by atoms with Gasteiger partial charge in [0, 0.05) is 30.0 Å². The monoisotopic (exact) mass is 621 g/mol. The van der Waals surface area contributed by atoms with Gasteiger partial charge in [-0.2, -0.15) is 5.21 Å². The fourth-order valence-corrected chi connectivity index (χ4v) is 6.01. The standard InChI is InChI=1S/C33H41F2N7O3/c1-31(2,3)12-11-25(20-7-9-21(10-8-20)29(43)36-19-27-38-40-41-39-27)42-30(44)28(22-15-23(34)17-24(35)16-22)37-33(42)13-14-45-26(18-33)32(4,5)6/h7-10,15-17,25-26H,11-14,18-19H2,1-6H3,(H,36,43)(H,38,39,40,41). The van der Waals surface area contributed by atoms with Crippen molar-refractivity contribution in [3.05, 3.63) is 76.6 Å². The Kier molecular flexibility index (Phi) is 8.90. The van der Waals surface area contributed by atoms with Crippen LogP contribution in [-0.4, -0.2) is 61.4 Å². The van der Waals surface area contributed by atoms with E-state index in [4.69, 9.17) is 9.73 Å². The first-order valence-corrected chi connectivity index (χ1v) is 15.3. The quantitative estimate of drug-likeness (QED) is 0.341. The summed E-state index contributed by atoms with van der Waals surface area (Å²) in [6.07, 6.45) is 2.07. The number of H-pyrrole nitrogens is 1. The number of hydrogen-bond donors (Lipinski definition) is 2. The Morgan fingerprint density at radius 3 is 2.40 bits per heavy atom. The lowest BCUT2D eigenvalue weighted by Gasteiger charge is -2.48. The van der Waals surface area contributed by atoms with Crippen molar-refractivity contribution in [2.24, 2.45) is 15.8 Å². The molecule has 2 amide bonds. The van der Waals surface area contributed by atoms with Crippen LogP contribution < -0.4 is 5.32 Å². The van der Waals surface area contributed by atoms with Crippen molar-refractivity contribution in [3.63, 3.8) is 0 Å². The van der Waals surface area contributed by atoms with Gasteiger partial charge in [-0.15, -0.1) is 10.2 Å². The Labute approximate surface area is 262 Å². The summed E-state index contributed by atoms with van der Waals surface area (Å²) in [4.78, 5) is 34.2. The predicted octanol–water partition coefficient (Wildman–Crippen LogP) is 5.53. The van der Waals surface area contributed by atoms with Gasteiger partial charge in [0.25, 0.3) is 11.8 Å². The first-order chi connectivity index (χ1) is 21.1. The van der Waals surface area contributed by atoms with Gasteiger partial charge in [0.05, 0.1) is 25.3 Å². The second kappa shape index (κ2) is 12.4. The zero-order valence-corrected chi connectivity index (χ0v) is 26.7.